The molecule has 0 aliphatic carbocycles. The van der Waals surface area contributed by atoms with Crippen LogP contribution in [0.5, 0.6) is 0 Å². The number of aromatic nitrogens is 1. The number of hydrogen-bond acceptors (Lipinski definition) is 4. The highest BCUT2D eigenvalue weighted by Gasteiger charge is 2.08. The van der Waals surface area contributed by atoms with Gasteiger partial charge < -0.3 is 5.32 Å². The molecule has 0 unspecified atom stereocenters. The van der Waals surface area contributed by atoms with Gasteiger partial charge in [-0.2, -0.15) is 0 Å². The monoisotopic (exact) mass is 369 g/mol. The molecule has 0 saturated heterocycles. The van der Waals surface area contributed by atoms with Gasteiger partial charge in [0, 0.05) is 22.0 Å². The van der Waals surface area contributed by atoms with Crippen LogP contribution in [0.1, 0.15) is 10.5 Å². The number of rotatable bonds is 4. The Balaban J connectivity index is 2.06. The molecule has 6 nitrogen and oxygen atoms in total. The van der Waals surface area contributed by atoms with Crippen molar-refractivity contribution in [2.24, 2.45) is 0 Å². The van der Waals surface area contributed by atoms with E-state index in [1.807, 2.05) is 0 Å². The topological polar surface area (TPSA) is 88.2 Å². The van der Waals surface area contributed by atoms with Crippen LogP contribution in [-0.2, 0) is 10.0 Å². The van der Waals surface area contributed by atoms with E-state index in [9.17, 15) is 13.2 Å². The number of nitrogens with zero attached hydrogens (tertiary/aromatic N) is 1. The maximum atomic E-state index is 11.9. The summed E-state index contributed by atoms with van der Waals surface area (Å²) in [5, 5.41) is 2.67. The maximum absolute atomic E-state index is 11.9. The Labute approximate surface area is 130 Å². The van der Waals surface area contributed by atoms with Gasteiger partial charge in [0.25, 0.3) is 5.91 Å². The molecule has 1 aromatic heterocycles. The van der Waals surface area contributed by atoms with E-state index in [1.165, 1.54) is 6.20 Å². The summed E-state index contributed by atoms with van der Waals surface area (Å²) in [6.07, 6.45) is 2.61. The Bertz CT molecular complexity index is 743. The lowest BCUT2D eigenvalue weighted by molar-refractivity contribution is 0.102. The zero-order valence-corrected chi connectivity index (χ0v) is 13.4. The second kappa shape index (κ2) is 6.23. The first-order valence-electron chi connectivity index (χ1n) is 5.84. The Kier molecular flexibility index (Phi) is 4.59. The van der Waals surface area contributed by atoms with Gasteiger partial charge in [0.05, 0.1) is 6.26 Å². The SMILES string of the molecule is CS(=O)(=O)Nc1ccc(NC(=O)c2ccc(Br)cn2)cc1. The van der Waals surface area contributed by atoms with E-state index in [2.05, 4.69) is 31.0 Å². The number of carbonyl (C=O) groups is 1. The normalized spacial score (nSPS) is 11.0. The third kappa shape index (κ3) is 4.83. The number of halogens is 1. The highest BCUT2D eigenvalue weighted by molar-refractivity contribution is 9.10. The predicted octanol–water partition coefficient (Wildman–Crippen LogP) is 2.47. The second-order valence-corrected chi connectivity index (χ2v) is 6.93. The van der Waals surface area contributed by atoms with Crippen LogP contribution in [0.25, 0.3) is 0 Å². The van der Waals surface area contributed by atoms with Crippen LogP contribution in [0.2, 0.25) is 0 Å². The quantitative estimate of drug-likeness (QED) is 0.866. The first kappa shape index (κ1) is 15.5. The number of amides is 1. The van der Waals surface area contributed by atoms with Crippen LogP contribution in [0.3, 0.4) is 0 Å². The van der Waals surface area contributed by atoms with Crippen molar-refractivity contribution in [2.45, 2.75) is 0 Å². The Morgan fingerprint density at radius 2 is 1.71 bits per heavy atom. The number of carbonyl (C=O) groups excluding carboxylic acids is 1. The Morgan fingerprint density at radius 3 is 2.24 bits per heavy atom. The molecule has 0 saturated carbocycles. The molecule has 110 valence electrons. The summed E-state index contributed by atoms with van der Waals surface area (Å²) in [5.41, 5.74) is 1.26. The third-order valence-electron chi connectivity index (χ3n) is 2.41. The summed E-state index contributed by atoms with van der Waals surface area (Å²) >= 11 is 3.24. The fourth-order valence-corrected chi connectivity index (χ4v) is 2.34. The number of sulfonamides is 1. The van der Waals surface area contributed by atoms with Gasteiger partial charge in [-0.15, -0.1) is 0 Å². The van der Waals surface area contributed by atoms with E-state index in [-0.39, 0.29) is 11.6 Å². The summed E-state index contributed by atoms with van der Waals surface area (Å²) in [5.74, 6) is -0.341. The van der Waals surface area contributed by atoms with Crippen molar-refractivity contribution < 1.29 is 13.2 Å². The molecule has 2 rings (SSSR count). The minimum atomic E-state index is -3.31. The minimum Gasteiger partial charge on any atom is -0.321 e. The average molecular weight is 370 g/mol. The molecule has 0 bridgehead atoms. The summed E-state index contributed by atoms with van der Waals surface area (Å²) in [6.45, 7) is 0. The summed E-state index contributed by atoms with van der Waals surface area (Å²) in [4.78, 5) is 15.9. The van der Waals surface area contributed by atoms with Crippen molar-refractivity contribution in [3.63, 3.8) is 0 Å². The smallest absolute Gasteiger partial charge is 0.274 e. The Hall–Kier alpha value is -1.93. The molecule has 21 heavy (non-hydrogen) atoms. The molecule has 8 heteroatoms. The van der Waals surface area contributed by atoms with E-state index in [0.717, 1.165) is 10.7 Å². The zero-order valence-electron chi connectivity index (χ0n) is 11.0. The molecule has 2 aromatic rings. The molecule has 0 aliphatic rings. The molecule has 1 heterocycles. The first-order chi connectivity index (χ1) is 9.83. The van der Waals surface area contributed by atoms with Crippen LogP contribution >= 0.6 is 15.9 Å². The van der Waals surface area contributed by atoms with Gasteiger partial charge in [0.15, 0.2) is 0 Å². The average Bonchev–Trinajstić information content (AvgIpc) is 2.40. The second-order valence-electron chi connectivity index (χ2n) is 4.27. The largest absolute Gasteiger partial charge is 0.321 e. The molecule has 0 radical (unpaired) electrons. The van der Waals surface area contributed by atoms with Gasteiger partial charge in [0.1, 0.15) is 5.69 Å². The van der Waals surface area contributed by atoms with Crippen molar-refractivity contribution in [2.75, 3.05) is 16.3 Å². The fraction of sp³-hybridized carbons (Fsp3) is 0.0769. The fourth-order valence-electron chi connectivity index (χ4n) is 1.54. The van der Waals surface area contributed by atoms with Crippen LogP contribution in [0.15, 0.2) is 47.1 Å². The molecular formula is C13H12BrN3O3S. The van der Waals surface area contributed by atoms with Crippen molar-refractivity contribution in [3.8, 4) is 0 Å². The van der Waals surface area contributed by atoms with Crippen molar-refractivity contribution >= 4 is 43.2 Å². The minimum absolute atomic E-state index is 0.288. The number of benzene rings is 1. The van der Waals surface area contributed by atoms with Crippen LogP contribution < -0.4 is 10.0 Å². The van der Waals surface area contributed by atoms with Crippen molar-refractivity contribution in [1.82, 2.24) is 4.98 Å². The van der Waals surface area contributed by atoms with Crippen LogP contribution in [-0.4, -0.2) is 25.6 Å². The molecule has 2 N–H and O–H groups in total. The van der Waals surface area contributed by atoms with Crippen molar-refractivity contribution in [1.29, 1.82) is 0 Å². The molecule has 0 atom stereocenters. The lowest BCUT2D eigenvalue weighted by atomic mass is 10.2. The first-order valence-corrected chi connectivity index (χ1v) is 8.53. The van der Waals surface area contributed by atoms with E-state index < -0.39 is 10.0 Å². The van der Waals surface area contributed by atoms with Crippen molar-refractivity contribution in [3.05, 3.63) is 52.8 Å². The standard InChI is InChI=1S/C13H12BrN3O3S/c1-21(19,20)17-11-5-3-10(4-6-11)16-13(18)12-7-2-9(14)8-15-12/h2-8,17H,1H3,(H,16,18). The highest BCUT2D eigenvalue weighted by Crippen LogP contribution is 2.15. The number of nitrogens with one attached hydrogen (secondary N) is 2. The van der Waals surface area contributed by atoms with E-state index in [4.69, 9.17) is 0 Å². The molecule has 0 spiro atoms. The number of pyridine rings is 1. The lowest BCUT2D eigenvalue weighted by Gasteiger charge is -2.07. The van der Waals surface area contributed by atoms with Gasteiger partial charge in [-0.05, 0) is 52.3 Å². The van der Waals surface area contributed by atoms with Gasteiger partial charge in [-0.3, -0.25) is 9.52 Å². The molecule has 1 aromatic carbocycles. The molecule has 1 amide bonds. The number of anilines is 2. The van der Waals surface area contributed by atoms with Gasteiger partial charge in [0.2, 0.25) is 10.0 Å². The van der Waals surface area contributed by atoms with E-state index in [0.29, 0.717) is 11.4 Å². The van der Waals surface area contributed by atoms with Gasteiger partial charge >= 0.3 is 0 Å². The van der Waals surface area contributed by atoms with Gasteiger partial charge in [-0.25, -0.2) is 13.4 Å². The lowest BCUT2D eigenvalue weighted by Crippen LogP contribution is -2.13. The summed E-state index contributed by atoms with van der Waals surface area (Å²) in [6, 6.07) is 9.64. The predicted molar refractivity (Wildman–Crippen MR) is 84.8 cm³/mol. The number of hydrogen-bond donors (Lipinski definition) is 2. The molecular weight excluding hydrogens is 358 g/mol. The van der Waals surface area contributed by atoms with Crippen LogP contribution in [0, 0.1) is 0 Å². The van der Waals surface area contributed by atoms with Crippen LogP contribution in [0.4, 0.5) is 11.4 Å². The summed E-state index contributed by atoms with van der Waals surface area (Å²) < 4.78 is 25.3. The molecule has 0 fully saturated rings. The summed E-state index contributed by atoms with van der Waals surface area (Å²) in [7, 11) is -3.31. The molecule has 0 aliphatic heterocycles. The highest BCUT2D eigenvalue weighted by atomic mass is 79.9. The van der Waals surface area contributed by atoms with E-state index in [1.54, 1.807) is 36.4 Å². The maximum Gasteiger partial charge on any atom is 0.274 e. The Morgan fingerprint density at radius 1 is 1.10 bits per heavy atom. The zero-order chi connectivity index (χ0) is 15.5. The van der Waals surface area contributed by atoms with Gasteiger partial charge in [-0.1, -0.05) is 0 Å². The van der Waals surface area contributed by atoms with E-state index >= 15 is 0 Å². The third-order valence-corrected chi connectivity index (χ3v) is 3.48.